The van der Waals surface area contributed by atoms with E-state index in [0.717, 1.165) is 212 Å². The van der Waals surface area contributed by atoms with Crippen molar-refractivity contribution in [1.82, 2.24) is 10.6 Å². The number of ether oxygens (including phenoxy) is 5. The van der Waals surface area contributed by atoms with Crippen molar-refractivity contribution in [1.29, 1.82) is 0 Å². The molecule has 117 heavy (non-hydrogen) atoms. The number of carbonyl (C=O) groups is 7. The Morgan fingerprint density at radius 3 is 1.03 bits per heavy atom. The fourth-order valence-corrected chi connectivity index (χ4v) is 16.9. The summed E-state index contributed by atoms with van der Waals surface area (Å²) in [5.74, 6) is -4.88. The van der Waals surface area contributed by atoms with Crippen LogP contribution in [0.25, 0.3) is 0 Å². The summed E-state index contributed by atoms with van der Waals surface area (Å²) >= 11 is 0. The summed E-state index contributed by atoms with van der Waals surface area (Å²) in [5, 5.41) is 28.6. The van der Waals surface area contributed by atoms with Crippen molar-refractivity contribution in [3.05, 3.63) is 71.8 Å². The molecule has 0 aromatic heterocycles. The molecular formula is C96H165N2O18P. The molecule has 2 amide bonds. The van der Waals surface area contributed by atoms with Crippen molar-refractivity contribution in [2.24, 2.45) is 0 Å². The number of unbranched alkanes of at least 4 members (excludes halogenated alkanes) is 42. The predicted octanol–water partition coefficient (Wildman–Crippen LogP) is 24.5. The van der Waals surface area contributed by atoms with Gasteiger partial charge in [0.1, 0.15) is 36.6 Å². The van der Waals surface area contributed by atoms with Crippen molar-refractivity contribution in [2.75, 3.05) is 6.61 Å². The third kappa shape index (κ3) is 54.7. The smallest absolute Gasteiger partial charge is 0.475 e. The van der Waals surface area contributed by atoms with Crippen molar-refractivity contribution in [2.45, 2.75) is 488 Å². The highest BCUT2D eigenvalue weighted by Crippen LogP contribution is 2.54. The molecular weight excluding hydrogens is 1500 g/mol. The van der Waals surface area contributed by atoms with E-state index in [-0.39, 0.29) is 58.2 Å². The highest BCUT2D eigenvalue weighted by atomic mass is 31.2. The highest BCUT2D eigenvalue weighted by Gasteiger charge is 2.53. The van der Waals surface area contributed by atoms with Gasteiger partial charge in [0, 0.05) is 19.3 Å². The number of phosphoric acid groups is 1. The zero-order chi connectivity index (χ0) is 84.9. The molecule has 672 valence electrons. The van der Waals surface area contributed by atoms with E-state index >= 15 is 14.2 Å². The van der Waals surface area contributed by atoms with Crippen LogP contribution in [0.2, 0.25) is 0 Å². The van der Waals surface area contributed by atoms with E-state index in [1.54, 1.807) is 48.5 Å². The molecule has 1 saturated heterocycles. The number of rotatable bonds is 79. The average Bonchev–Trinajstić information content (AvgIpc) is 0.774. The van der Waals surface area contributed by atoms with Crippen LogP contribution in [0.5, 0.6) is 0 Å². The minimum absolute atomic E-state index is 0.154. The Morgan fingerprint density at radius 1 is 0.385 bits per heavy atom. The Morgan fingerprint density at radius 2 is 0.701 bits per heavy atom. The largest absolute Gasteiger partial charge is 0.480 e. The minimum Gasteiger partial charge on any atom is -0.480 e. The van der Waals surface area contributed by atoms with E-state index in [2.05, 4.69) is 52.2 Å². The molecule has 2 aromatic carbocycles. The number of aliphatic hydroxyl groups is 1. The molecule has 20 nitrogen and oxygen atoms in total. The maximum atomic E-state index is 15.8. The number of amides is 2. The molecule has 0 spiro atoms. The van der Waals surface area contributed by atoms with Gasteiger partial charge in [-0.05, 0) is 81.8 Å². The Labute approximate surface area is 708 Å². The molecule has 1 fully saturated rings. The molecule has 0 saturated carbocycles. The van der Waals surface area contributed by atoms with Crippen LogP contribution in [0.4, 0.5) is 0 Å². The van der Waals surface area contributed by atoms with Gasteiger partial charge in [0.25, 0.3) is 0 Å². The number of aliphatic hydroxyl groups excluding tert-OH is 1. The first-order chi connectivity index (χ1) is 57.0. The fourth-order valence-electron chi connectivity index (χ4n) is 15.5. The summed E-state index contributed by atoms with van der Waals surface area (Å²) in [6, 6.07) is 14.8. The predicted molar refractivity (Wildman–Crippen MR) is 468 cm³/mol. The molecule has 0 aliphatic carbocycles. The van der Waals surface area contributed by atoms with Gasteiger partial charge in [0.15, 0.2) is 6.10 Å². The van der Waals surface area contributed by atoms with Gasteiger partial charge < -0.3 is 44.5 Å². The number of benzene rings is 2. The highest BCUT2D eigenvalue weighted by molar-refractivity contribution is 7.48. The van der Waals surface area contributed by atoms with Gasteiger partial charge in [-0.3, -0.25) is 42.3 Å². The van der Waals surface area contributed by atoms with Crippen LogP contribution in [-0.4, -0.2) is 113 Å². The Bertz CT molecular complexity index is 2810. The quantitative estimate of drug-likeness (QED) is 0.0207. The second-order valence-electron chi connectivity index (χ2n) is 33.4. The zero-order valence-electron chi connectivity index (χ0n) is 74.2. The van der Waals surface area contributed by atoms with Crippen LogP contribution < -0.4 is 10.6 Å². The molecule has 3 rings (SSSR count). The number of hydrogen-bond donors (Lipinski definition) is 4. The summed E-state index contributed by atoms with van der Waals surface area (Å²) in [6.07, 6.45) is 40.1. The lowest BCUT2D eigenvalue weighted by atomic mass is 9.89. The van der Waals surface area contributed by atoms with E-state index in [1.807, 2.05) is 12.1 Å². The number of carbonyl (C=O) groups excluding carboxylic acids is 6. The van der Waals surface area contributed by atoms with Crippen LogP contribution in [0.15, 0.2) is 60.7 Å². The maximum Gasteiger partial charge on any atom is 0.475 e. The van der Waals surface area contributed by atoms with Crippen molar-refractivity contribution >= 4 is 49.5 Å². The topological polar surface area (TPSA) is 275 Å². The van der Waals surface area contributed by atoms with Gasteiger partial charge in [0.2, 0.25) is 11.8 Å². The molecule has 0 bridgehead atoms. The third-order valence-corrected chi connectivity index (χ3v) is 24.0. The zero-order valence-corrected chi connectivity index (χ0v) is 75.1. The standard InChI is InChI=1S/C96H165N2O18P/c1-7-13-19-25-31-34-40-43-55-65-81(111-89(102)68-58-46-37-28-22-16-10-4)73-87(100)97-84(96(106)107)71-72-85-93(98-88(101)74-82(66-56-44-41-35-32-26-20-14-8-2)112-90(103)69-59-47-38-29-23-17-11-5)95(94(86(76-99)114-85)116-117(108,109-77-79-61-51-49-52-62-79)110-78-80-63-53-50-54-64-80)115-92(105)75-83(67-57-45-42-36-33-27-21-15-9-3)113-91(104)70-60-48-39-30-24-18-12-6/h49-54,61-64,81-86,93-95,99H,7-48,55-60,65-78H2,1-6H3,(H,97,100)(H,98,101)(H,106,107)/t81-,82-,83-,84+,85+,86-,93+,94-,95-/m1/s1. The fraction of sp³-hybridized carbons (Fsp3) is 0.802. The third-order valence-electron chi connectivity index (χ3n) is 22.6. The molecule has 2 aromatic rings. The number of aliphatic carboxylic acids is 1. The second kappa shape index (κ2) is 71.3. The van der Waals surface area contributed by atoms with Crippen LogP contribution in [0.1, 0.15) is 431 Å². The van der Waals surface area contributed by atoms with Crippen molar-refractivity contribution in [3.63, 3.8) is 0 Å². The van der Waals surface area contributed by atoms with E-state index in [4.69, 9.17) is 37.3 Å². The lowest BCUT2D eigenvalue weighted by molar-refractivity contribution is -0.211. The van der Waals surface area contributed by atoms with Crippen LogP contribution in [-0.2, 0) is 88.6 Å². The van der Waals surface area contributed by atoms with Gasteiger partial charge in [-0.15, -0.1) is 0 Å². The molecule has 0 unspecified atom stereocenters. The summed E-state index contributed by atoms with van der Waals surface area (Å²) < 4.78 is 66.9. The van der Waals surface area contributed by atoms with Gasteiger partial charge >= 0.3 is 37.7 Å². The van der Waals surface area contributed by atoms with Crippen molar-refractivity contribution in [3.8, 4) is 0 Å². The molecule has 1 aliphatic rings. The average molecular weight is 1670 g/mol. The normalized spacial score (nSPS) is 16.6. The van der Waals surface area contributed by atoms with Crippen molar-refractivity contribution < 1.29 is 85.6 Å². The Kier molecular flexibility index (Phi) is 64.6. The second-order valence-corrected chi connectivity index (χ2v) is 35.0. The van der Waals surface area contributed by atoms with Gasteiger partial charge in [-0.25, -0.2) is 9.36 Å². The summed E-state index contributed by atoms with van der Waals surface area (Å²) in [6.45, 7) is 11.7. The number of nitrogens with one attached hydrogen (secondary N) is 2. The molecule has 1 aliphatic heterocycles. The Balaban J connectivity index is 2.25. The van der Waals surface area contributed by atoms with E-state index in [0.29, 0.717) is 68.9 Å². The molecule has 1 heterocycles. The lowest BCUT2D eigenvalue weighted by Crippen LogP contribution is -2.66. The number of phosphoric ester groups is 1. The number of carboxylic acids is 1. The van der Waals surface area contributed by atoms with Crippen LogP contribution in [0, 0.1) is 0 Å². The van der Waals surface area contributed by atoms with Crippen LogP contribution >= 0.6 is 7.82 Å². The number of hydrogen-bond acceptors (Lipinski definition) is 17. The van der Waals surface area contributed by atoms with E-state index in [9.17, 15) is 34.2 Å². The van der Waals surface area contributed by atoms with E-state index < -0.39 is 117 Å². The first kappa shape index (κ1) is 106. The van der Waals surface area contributed by atoms with Gasteiger partial charge in [0.05, 0.1) is 51.2 Å². The van der Waals surface area contributed by atoms with Gasteiger partial charge in [-0.2, -0.15) is 0 Å². The minimum atomic E-state index is -4.91. The maximum absolute atomic E-state index is 15.8. The number of carboxylic acid groups (broad SMARTS) is 1. The SMILES string of the molecule is CCCCCCCCCCC[C@H](CC(=O)N[C@@H]1[C@@H](OC(=O)C[C@@H](CCCCCCCCCCC)OC(=O)CCCCCCCCC)[C@H](OP(=O)(OCc2ccccc2)OCc2ccccc2)[C@@H](CO)O[C@H]1CC[C@H](NC(=O)C[C@@H](CCCCCCCCCCC)OC(=O)CCCCCCCCC)C(=O)O)OC(=O)CCCCCCCCC. The first-order valence-corrected chi connectivity index (χ1v) is 49.0. The molecule has 9 atom stereocenters. The molecule has 4 N–H and O–H groups in total. The number of esters is 4. The van der Waals surface area contributed by atoms with E-state index in [1.165, 1.54) is 57.8 Å². The molecule has 0 radical (unpaired) electrons. The Hall–Kier alpha value is -5.24. The summed E-state index contributed by atoms with van der Waals surface area (Å²) in [7, 11) is -4.91. The summed E-state index contributed by atoms with van der Waals surface area (Å²) in [5.41, 5.74) is 1.20. The monoisotopic (exact) mass is 1670 g/mol. The van der Waals surface area contributed by atoms with Gasteiger partial charge in [-0.1, -0.05) is 372 Å². The molecule has 21 heteroatoms. The summed E-state index contributed by atoms with van der Waals surface area (Å²) in [4.78, 5) is 100. The first-order valence-electron chi connectivity index (χ1n) is 47.5. The van der Waals surface area contributed by atoms with Crippen LogP contribution in [0.3, 0.4) is 0 Å². The lowest BCUT2D eigenvalue weighted by Gasteiger charge is -2.46.